The van der Waals surface area contributed by atoms with E-state index in [1.54, 1.807) is 6.07 Å². The van der Waals surface area contributed by atoms with Gasteiger partial charge in [0.15, 0.2) is 0 Å². The molecule has 0 radical (unpaired) electrons. The summed E-state index contributed by atoms with van der Waals surface area (Å²) in [5, 5.41) is 9.19. The Labute approximate surface area is 136 Å². The zero-order valence-electron chi connectivity index (χ0n) is 13.0. The molecule has 1 unspecified atom stereocenters. The zero-order chi connectivity index (χ0) is 17.9. The van der Waals surface area contributed by atoms with E-state index in [2.05, 4.69) is 9.73 Å². The van der Waals surface area contributed by atoms with Gasteiger partial charge in [-0.05, 0) is 17.7 Å². The molecular formula is C15H15F2N4O3+. The van der Waals surface area contributed by atoms with Gasteiger partial charge < -0.3 is 4.74 Å². The van der Waals surface area contributed by atoms with Crippen molar-refractivity contribution in [3.05, 3.63) is 29.8 Å². The van der Waals surface area contributed by atoms with Crippen molar-refractivity contribution in [3.63, 3.8) is 0 Å². The molecule has 1 fully saturated rings. The minimum atomic E-state index is -2.93. The van der Waals surface area contributed by atoms with E-state index in [1.807, 2.05) is 6.07 Å². The Kier molecular flexibility index (Phi) is 5.08. The highest BCUT2D eigenvalue weighted by Crippen LogP contribution is 2.16. The molecule has 1 aromatic rings. The summed E-state index contributed by atoms with van der Waals surface area (Å²) >= 11 is 0. The van der Waals surface area contributed by atoms with Crippen LogP contribution < -0.4 is 9.73 Å². The van der Waals surface area contributed by atoms with Crippen LogP contribution in [0.2, 0.25) is 0 Å². The maximum absolute atomic E-state index is 12.2. The van der Waals surface area contributed by atoms with Gasteiger partial charge in [0, 0.05) is 7.05 Å². The van der Waals surface area contributed by atoms with Crippen molar-refractivity contribution < 1.29 is 28.1 Å². The number of alkyl halides is 2. The van der Waals surface area contributed by atoms with Crippen LogP contribution in [-0.4, -0.2) is 48.3 Å². The van der Waals surface area contributed by atoms with Gasteiger partial charge in [-0.3, -0.25) is 9.79 Å². The lowest BCUT2D eigenvalue weighted by atomic mass is 10.1. The molecule has 9 heteroatoms. The number of hydrogen-bond acceptors (Lipinski definition) is 4. The van der Waals surface area contributed by atoms with E-state index in [1.165, 1.54) is 37.2 Å². The van der Waals surface area contributed by atoms with Gasteiger partial charge in [0.05, 0.1) is 13.1 Å². The summed E-state index contributed by atoms with van der Waals surface area (Å²) in [6.07, 6.45) is 0. The second kappa shape index (κ2) is 7.04. The van der Waals surface area contributed by atoms with E-state index in [0.29, 0.717) is 5.56 Å². The average Bonchev–Trinajstić information content (AvgIpc) is 2.54. The molecule has 3 amide bonds. The molecule has 1 heterocycles. The molecule has 0 aromatic heterocycles. The van der Waals surface area contributed by atoms with Crippen LogP contribution in [0.25, 0.3) is 0 Å². The van der Waals surface area contributed by atoms with Crippen LogP contribution in [0.5, 0.6) is 5.75 Å². The SMILES string of the molecule is CN1C(=O)C(C#N)C(=[NH+]Cc2cccc(OC(F)F)c2)N(C)C1=O. The lowest BCUT2D eigenvalue weighted by molar-refractivity contribution is -0.482. The zero-order valence-corrected chi connectivity index (χ0v) is 13.0. The number of rotatable bonds is 4. The quantitative estimate of drug-likeness (QED) is 0.833. The first-order chi connectivity index (χ1) is 11.3. The molecule has 1 atom stereocenters. The normalized spacial score (nSPS) is 19.8. The van der Waals surface area contributed by atoms with Crippen molar-refractivity contribution >= 4 is 17.8 Å². The molecule has 24 heavy (non-hydrogen) atoms. The Balaban J connectivity index is 2.25. The molecule has 0 bridgehead atoms. The third-order valence-electron chi connectivity index (χ3n) is 3.51. The van der Waals surface area contributed by atoms with Crippen molar-refractivity contribution in [2.45, 2.75) is 13.2 Å². The predicted octanol–water partition coefficient (Wildman–Crippen LogP) is -0.0693. The van der Waals surface area contributed by atoms with Gasteiger partial charge in [-0.1, -0.05) is 12.1 Å². The maximum atomic E-state index is 12.2. The van der Waals surface area contributed by atoms with E-state index < -0.39 is 24.5 Å². The number of hydrogen-bond donors (Lipinski definition) is 1. The van der Waals surface area contributed by atoms with Crippen molar-refractivity contribution in [3.8, 4) is 11.8 Å². The van der Waals surface area contributed by atoms with Crippen LogP contribution in [0.3, 0.4) is 0 Å². The molecule has 126 valence electrons. The summed E-state index contributed by atoms with van der Waals surface area (Å²) < 4.78 is 28.8. The molecule has 2 rings (SSSR count). The number of carbonyl (C=O) groups is 2. The molecule has 1 aliphatic heterocycles. The first-order valence-corrected chi connectivity index (χ1v) is 6.94. The molecular weight excluding hydrogens is 322 g/mol. The number of ether oxygens (including phenoxy) is 1. The maximum Gasteiger partial charge on any atom is 0.417 e. The average molecular weight is 337 g/mol. The van der Waals surface area contributed by atoms with E-state index in [0.717, 1.165) is 4.90 Å². The van der Waals surface area contributed by atoms with Gasteiger partial charge in [-0.25, -0.2) is 9.69 Å². The van der Waals surface area contributed by atoms with Crippen molar-refractivity contribution in [1.29, 1.82) is 5.26 Å². The second-order valence-corrected chi connectivity index (χ2v) is 5.07. The Morgan fingerprint density at radius 2 is 2.04 bits per heavy atom. The molecule has 7 nitrogen and oxygen atoms in total. The van der Waals surface area contributed by atoms with E-state index in [9.17, 15) is 23.6 Å². The molecule has 0 spiro atoms. The van der Waals surface area contributed by atoms with Gasteiger partial charge in [0.2, 0.25) is 5.92 Å². The van der Waals surface area contributed by atoms with E-state index >= 15 is 0 Å². The van der Waals surface area contributed by atoms with Crippen LogP contribution in [-0.2, 0) is 11.3 Å². The number of urea groups is 1. The lowest BCUT2D eigenvalue weighted by Crippen LogP contribution is -2.79. The number of imide groups is 1. The second-order valence-electron chi connectivity index (χ2n) is 5.07. The minimum Gasteiger partial charge on any atom is -0.435 e. The summed E-state index contributed by atoms with van der Waals surface area (Å²) in [5.41, 5.74) is 0.588. The molecule has 1 aliphatic rings. The predicted molar refractivity (Wildman–Crippen MR) is 77.8 cm³/mol. The highest BCUT2D eigenvalue weighted by atomic mass is 19.3. The first-order valence-electron chi connectivity index (χ1n) is 6.94. The summed E-state index contributed by atoms with van der Waals surface area (Å²) in [4.78, 5) is 28.9. The Hall–Kier alpha value is -3.02. The minimum absolute atomic E-state index is 0.00461. The number of amidine groups is 1. The first kappa shape index (κ1) is 17.3. The van der Waals surface area contributed by atoms with Crippen molar-refractivity contribution in [2.75, 3.05) is 14.1 Å². The topological polar surface area (TPSA) is 87.6 Å². The largest absolute Gasteiger partial charge is 0.435 e. The van der Waals surface area contributed by atoms with Crippen LogP contribution in [0, 0.1) is 17.2 Å². The Bertz CT molecular complexity index is 730. The number of nitrogens with one attached hydrogen (secondary N) is 1. The number of carbonyl (C=O) groups excluding carboxylic acids is 2. The third-order valence-corrected chi connectivity index (χ3v) is 3.51. The van der Waals surface area contributed by atoms with Crippen LogP contribution >= 0.6 is 0 Å². The molecule has 0 saturated carbocycles. The smallest absolute Gasteiger partial charge is 0.417 e. The highest BCUT2D eigenvalue weighted by Gasteiger charge is 2.46. The fraction of sp³-hybridized carbons (Fsp3) is 0.333. The monoisotopic (exact) mass is 337 g/mol. The van der Waals surface area contributed by atoms with Crippen LogP contribution in [0.4, 0.5) is 13.6 Å². The number of nitriles is 1. The Morgan fingerprint density at radius 3 is 2.67 bits per heavy atom. The molecule has 1 saturated heterocycles. The molecule has 0 aliphatic carbocycles. The van der Waals surface area contributed by atoms with Crippen molar-refractivity contribution in [2.24, 2.45) is 5.92 Å². The summed E-state index contributed by atoms with van der Waals surface area (Å²) in [5.74, 6) is -1.63. The number of amides is 3. The molecule has 1 aromatic carbocycles. The van der Waals surface area contributed by atoms with Crippen LogP contribution in [0.1, 0.15) is 5.56 Å². The fourth-order valence-corrected chi connectivity index (χ4v) is 2.29. The van der Waals surface area contributed by atoms with Gasteiger partial charge in [-0.15, -0.1) is 0 Å². The van der Waals surface area contributed by atoms with Crippen molar-refractivity contribution in [1.82, 2.24) is 9.80 Å². The summed E-state index contributed by atoms with van der Waals surface area (Å²) in [6.45, 7) is -2.80. The summed E-state index contributed by atoms with van der Waals surface area (Å²) in [7, 11) is 2.74. The number of halogens is 2. The Morgan fingerprint density at radius 1 is 1.33 bits per heavy atom. The third kappa shape index (κ3) is 3.48. The van der Waals surface area contributed by atoms with Gasteiger partial charge in [0.1, 0.15) is 12.3 Å². The number of nitrogens with zero attached hydrogens (tertiary/aromatic N) is 3. The standard InChI is InChI=1S/C15H14F2N4O3/c1-20-12(11(7-18)13(22)21(2)15(20)23)19-8-9-4-3-5-10(6-9)24-14(16)17/h3-6,11,14H,8H2,1-2H3/p+1. The van der Waals surface area contributed by atoms with Gasteiger partial charge in [-0.2, -0.15) is 18.9 Å². The molecule has 1 N–H and O–H groups in total. The summed E-state index contributed by atoms with van der Waals surface area (Å²) in [6, 6.07) is 7.27. The van der Waals surface area contributed by atoms with Crippen LogP contribution in [0.15, 0.2) is 24.3 Å². The lowest BCUT2D eigenvalue weighted by Gasteiger charge is -2.26. The fourth-order valence-electron chi connectivity index (χ4n) is 2.29. The van der Waals surface area contributed by atoms with E-state index in [-0.39, 0.29) is 18.1 Å². The van der Waals surface area contributed by atoms with Gasteiger partial charge in [0.25, 0.3) is 11.7 Å². The van der Waals surface area contributed by atoms with E-state index in [4.69, 9.17) is 0 Å². The highest BCUT2D eigenvalue weighted by molar-refractivity contribution is 6.17. The van der Waals surface area contributed by atoms with Gasteiger partial charge >= 0.3 is 12.6 Å². The number of benzene rings is 1.